The number of hydrogen-bond donors (Lipinski definition) is 0. The normalized spacial score (nSPS) is 16.5. The van der Waals surface area contributed by atoms with Crippen molar-refractivity contribution in [3.05, 3.63) is 28.8 Å². The van der Waals surface area contributed by atoms with Gasteiger partial charge in [-0.3, -0.25) is 9.69 Å². The molecule has 1 aromatic carbocycles. The van der Waals surface area contributed by atoms with Gasteiger partial charge in [0.1, 0.15) is 18.6 Å². The molecule has 0 saturated carbocycles. The van der Waals surface area contributed by atoms with Gasteiger partial charge in [-0.2, -0.15) is 0 Å². The highest BCUT2D eigenvalue weighted by Crippen LogP contribution is 2.24. The van der Waals surface area contributed by atoms with Crippen LogP contribution in [0.5, 0.6) is 5.75 Å². The number of likely N-dealkylation sites (tertiary alicyclic amines) is 1. The Morgan fingerprint density at radius 1 is 1.28 bits per heavy atom. The highest BCUT2D eigenvalue weighted by atomic mass is 35.5. The third-order valence-corrected chi connectivity index (χ3v) is 3.50. The number of carbonyl (C=O) groups is 1. The lowest BCUT2D eigenvalue weighted by atomic mass is 10.1. The zero-order valence-corrected chi connectivity index (χ0v) is 11.2. The summed E-state index contributed by atoms with van der Waals surface area (Å²) >= 11 is 6.03. The van der Waals surface area contributed by atoms with Gasteiger partial charge in [0.2, 0.25) is 0 Å². The molecule has 0 atom stereocenters. The molecule has 3 nitrogen and oxygen atoms in total. The van der Waals surface area contributed by atoms with Gasteiger partial charge in [-0.25, -0.2) is 0 Å². The molecule has 0 unspecified atom stereocenters. The van der Waals surface area contributed by atoms with Crippen LogP contribution < -0.4 is 4.74 Å². The Bertz CT molecular complexity index is 403. The lowest BCUT2D eigenvalue weighted by Crippen LogP contribution is -2.33. The number of hydrogen-bond acceptors (Lipinski definition) is 3. The largest absolute Gasteiger partial charge is 0.491 e. The van der Waals surface area contributed by atoms with Gasteiger partial charge in [-0.15, -0.1) is 0 Å². The van der Waals surface area contributed by atoms with Gasteiger partial charge in [0.05, 0.1) is 5.02 Å². The first-order chi connectivity index (χ1) is 8.79. The second-order valence-electron chi connectivity index (χ2n) is 4.56. The molecule has 18 heavy (non-hydrogen) atoms. The van der Waals surface area contributed by atoms with E-state index >= 15 is 0 Å². The van der Waals surface area contributed by atoms with Crippen molar-refractivity contribution >= 4 is 17.9 Å². The third-order valence-electron chi connectivity index (χ3n) is 3.21. The van der Waals surface area contributed by atoms with E-state index in [1.54, 1.807) is 18.2 Å². The average molecular weight is 268 g/mol. The standard InChI is InChI=1S/C14H18ClNO2/c15-13-10-12(11-17)4-5-14(13)18-9-8-16-6-2-1-3-7-16/h4-5,10-11H,1-3,6-9H2. The maximum absolute atomic E-state index is 10.6. The lowest BCUT2D eigenvalue weighted by molar-refractivity contribution is 0.112. The van der Waals surface area contributed by atoms with Crippen molar-refractivity contribution in [1.29, 1.82) is 0 Å². The molecule has 2 rings (SSSR count). The van der Waals surface area contributed by atoms with Gasteiger partial charge in [0.25, 0.3) is 0 Å². The number of benzene rings is 1. The van der Waals surface area contributed by atoms with E-state index in [0.29, 0.717) is 22.9 Å². The van der Waals surface area contributed by atoms with E-state index in [0.717, 1.165) is 12.8 Å². The first kappa shape index (κ1) is 13.4. The fourth-order valence-electron chi connectivity index (χ4n) is 2.18. The van der Waals surface area contributed by atoms with Crippen LogP contribution in [0.25, 0.3) is 0 Å². The van der Waals surface area contributed by atoms with E-state index in [9.17, 15) is 4.79 Å². The number of piperidine rings is 1. The van der Waals surface area contributed by atoms with Crippen LogP contribution >= 0.6 is 11.6 Å². The molecule has 0 amide bonds. The molecule has 0 aromatic heterocycles. The monoisotopic (exact) mass is 267 g/mol. The topological polar surface area (TPSA) is 29.5 Å². The van der Waals surface area contributed by atoms with Crippen LogP contribution in [0.1, 0.15) is 29.6 Å². The van der Waals surface area contributed by atoms with Crippen molar-refractivity contribution in [2.75, 3.05) is 26.2 Å². The van der Waals surface area contributed by atoms with Crippen LogP contribution in [0.15, 0.2) is 18.2 Å². The number of rotatable bonds is 5. The summed E-state index contributed by atoms with van der Waals surface area (Å²) in [5, 5.41) is 0.498. The molecule has 0 N–H and O–H groups in total. The Morgan fingerprint density at radius 3 is 2.72 bits per heavy atom. The molecule has 0 radical (unpaired) electrons. The maximum atomic E-state index is 10.6. The van der Waals surface area contributed by atoms with E-state index in [1.165, 1.54) is 32.4 Å². The third kappa shape index (κ3) is 3.72. The number of carbonyl (C=O) groups excluding carboxylic acids is 1. The van der Waals surface area contributed by atoms with Crippen molar-refractivity contribution in [1.82, 2.24) is 4.90 Å². The second-order valence-corrected chi connectivity index (χ2v) is 4.97. The number of nitrogens with zero attached hydrogens (tertiary/aromatic N) is 1. The molecule has 1 aromatic rings. The van der Waals surface area contributed by atoms with Crippen LogP contribution in [0, 0.1) is 0 Å². The Morgan fingerprint density at radius 2 is 2.06 bits per heavy atom. The van der Waals surface area contributed by atoms with E-state index < -0.39 is 0 Å². The summed E-state index contributed by atoms with van der Waals surface area (Å²) in [6.45, 7) is 3.91. The Kier molecular flexibility index (Phi) is 5.02. The first-order valence-corrected chi connectivity index (χ1v) is 6.77. The molecule has 1 aliphatic heterocycles. The van der Waals surface area contributed by atoms with Gasteiger partial charge in [0.15, 0.2) is 0 Å². The minimum Gasteiger partial charge on any atom is -0.491 e. The zero-order valence-electron chi connectivity index (χ0n) is 10.4. The average Bonchev–Trinajstić information content (AvgIpc) is 2.42. The van der Waals surface area contributed by atoms with Crippen molar-refractivity contribution in [2.24, 2.45) is 0 Å². The summed E-state index contributed by atoms with van der Waals surface area (Å²) in [7, 11) is 0. The zero-order chi connectivity index (χ0) is 12.8. The number of aldehydes is 1. The molecule has 0 aliphatic carbocycles. The van der Waals surface area contributed by atoms with Crippen LogP contribution in [0.3, 0.4) is 0 Å². The second kappa shape index (κ2) is 6.76. The van der Waals surface area contributed by atoms with Crippen molar-refractivity contribution in [3.63, 3.8) is 0 Å². The molecule has 0 bridgehead atoms. The number of halogens is 1. The van der Waals surface area contributed by atoms with Gasteiger partial charge >= 0.3 is 0 Å². The summed E-state index contributed by atoms with van der Waals surface area (Å²) in [5.74, 6) is 0.652. The molecular weight excluding hydrogens is 250 g/mol. The molecule has 1 saturated heterocycles. The van der Waals surface area contributed by atoms with Gasteiger partial charge in [-0.1, -0.05) is 18.0 Å². The summed E-state index contributed by atoms with van der Waals surface area (Å²) in [5.41, 5.74) is 0.573. The summed E-state index contributed by atoms with van der Waals surface area (Å²) in [6.07, 6.45) is 4.70. The van der Waals surface area contributed by atoms with E-state index in [-0.39, 0.29) is 0 Å². The summed E-state index contributed by atoms with van der Waals surface area (Å²) in [4.78, 5) is 13.0. The minimum atomic E-state index is 0.498. The van der Waals surface area contributed by atoms with Crippen molar-refractivity contribution in [2.45, 2.75) is 19.3 Å². The van der Waals surface area contributed by atoms with Gasteiger partial charge in [0, 0.05) is 12.1 Å². The Labute approximate surface area is 113 Å². The maximum Gasteiger partial charge on any atom is 0.150 e. The molecule has 1 aliphatic rings. The van der Waals surface area contributed by atoms with Crippen LogP contribution in [0.2, 0.25) is 5.02 Å². The van der Waals surface area contributed by atoms with Crippen LogP contribution in [-0.4, -0.2) is 37.4 Å². The van der Waals surface area contributed by atoms with E-state index in [4.69, 9.17) is 16.3 Å². The van der Waals surface area contributed by atoms with E-state index in [2.05, 4.69) is 4.90 Å². The molecule has 0 spiro atoms. The fourth-order valence-corrected chi connectivity index (χ4v) is 2.42. The van der Waals surface area contributed by atoms with Crippen molar-refractivity contribution in [3.8, 4) is 5.75 Å². The number of ether oxygens (including phenoxy) is 1. The highest BCUT2D eigenvalue weighted by Gasteiger charge is 2.10. The molecule has 1 heterocycles. The first-order valence-electron chi connectivity index (χ1n) is 6.39. The predicted molar refractivity (Wildman–Crippen MR) is 72.6 cm³/mol. The highest BCUT2D eigenvalue weighted by molar-refractivity contribution is 6.32. The SMILES string of the molecule is O=Cc1ccc(OCCN2CCCCC2)c(Cl)c1. The Balaban J connectivity index is 1.80. The predicted octanol–water partition coefficient (Wildman–Crippen LogP) is 3.02. The van der Waals surface area contributed by atoms with Crippen LogP contribution in [-0.2, 0) is 0 Å². The minimum absolute atomic E-state index is 0.498. The molecular formula is C14H18ClNO2. The van der Waals surface area contributed by atoms with Crippen LogP contribution in [0.4, 0.5) is 0 Å². The Hall–Kier alpha value is -1.06. The summed E-state index contributed by atoms with van der Waals surface area (Å²) < 4.78 is 5.65. The molecule has 1 fully saturated rings. The van der Waals surface area contributed by atoms with E-state index in [1.807, 2.05) is 0 Å². The van der Waals surface area contributed by atoms with Crippen molar-refractivity contribution < 1.29 is 9.53 Å². The summed E-state index contributed by atoms with van der Waals surface area (Å²) in [6, 6.07) is 5.10. The molecule has 98 valence electrons. The lowest BCUT2D eigenvalue weighted by Gasteiger charge is -2.26. The van der Waals surface area contributed by atoms with Gasteiger partial charge < -0.3 is 4.74 Å². The quantitative estimate of drug-likeness (QED) is 0.768. The van der Waals surface area contributed by atoms with Gasteiger partial charge in [-0.05, 0) is 44.1 Å². The molecule has 4 heteroatoms. The fraction of sp³-hybridized carbons (Fsp3) is 0.500. The smallest absolute Gasteiger partial charge is 0.150 e.